The van der Waals surface area contributed by atoms with Gasteiger partial charge < -0.3 is 20.1 Å². The Morgan fingerprint density at radius 1 is 1.32 bits per heavy atom. The van der Waals surface area contributed by atoms with Crippen LogP contribution in [0.4, 0.5) is 5.69 Å². The molecule has 8 heteroatoms. The number of hydrogen-bond acceptors (Lipinski definition) is 7. The van der Waals surface area contributed by atoms with Gasteiger partial charge in [-0.15, -0.1) is 0 Å². The lowest BCUT2D eigenvalue weighted by atomic mass is 10.1. The minimum Gasteiger partial charge on any atom is -0.493 e. The summed E-state index contributed by atoms with van der Waals surface area (Å²) < 4.78 is 14.9. The van der Waals surface area contributed by atoms with Crippen LogP contribution in [0.25, 0.3) is 11.3 Å². The van der Waals surface area contributed by atoms with E-state index in [0.717, 1.165) is 0 Å². The molecule has 0 aliphatic rings. The zero-order chi connectivity index (χ0) is 14.0. The van der Waals surface area contributed by atoms with Crippen LogP contribution in [0.2, 0.25) is 0 Å². The van der Waals surface area contributed by atoms with Gasteiger partial charge in [-0.05, 0) is 11.0 Å². The molecule has 0 amide bonds. The molecule has 0 spiro atoms. The monoisotopic (exact) mass is 266 g/mol. The van der Waals surface area contributed by atoms with Gasteiger partial charge in [0.2, 0.25) is 5.69 Å². The third-order valence-electron chi connectivity index (χ3n) is 2.76. The van der Waals surface area contributed by atoms with Gasteiger partial charge in [0, 0.05) is 18.1 Å². The van der Waals surface area contributed by atoms with E-state index in [1.54, 1.807) is 19.1 Å². The van der Waals surface area contributed by atoms with E-state index in [9.17, 15) is 5.21 Å². The Hall–Kier alpha value is -2.48. The summed E-state index contributed by atoms with van der Waals surface area (Å²) in [5.74, 6) is 6.48. The Labute approximate surface area is 109 Å². The fraction of sp³-hybridized carbons (Fsp3) is 0.273. The van der Waals surface area contributed by atoms with Crippen molar-refractivity contribution in [3.05, 3.63) is 23.0 Å². The highest BCUT2D eigenvalue weighted by molar-refractivity contribution is 5.79. The Morgan fingerprint density at radius 3 is 2.42 bits per heavy atom. The molecule has 1 heterocycles. The van der Waals surface area contributed by atoms with Gasteiger partial charge in [-0.3, -0.25) is 10.5 Å². The van der Waals surface area contributed by atoms with Crippen molar-refractivity contribution in [2.45, 2.75) is 6.92 Å². The molecule has 19 heavy (non-hydrogen) atoms. The molecule has 1 aromatic heterocycles. The predicted octanol–water partition coefficient (Wildman–Crippen LogP) is 0.586. The van der Waals surface area contributed by atoms with Gasteiger partial charge in [-0.1, -0.05) is 0 Å². The van der Waals surface area contributed by atoms with Gasteiger partial charge in [-0.2, -0.15) is 0 Å². The third kappa shape index (κ3) is 2.13. The molecule has 0 saturated carbocycles. The number of nitrogen functional groups attached to an aromatic ring is 1. The van der Waals surface area contributed by atoms with Crippen LogP contribution in [0.15, 0.2) is 16.8 Å². The summed E-state index contributed by atoms with van der Waals surface area (Å²) in [6.45, 7) is 1.59. The molecule has 1 aromatic carbocycles. The second-order valence-corrected chi connectivity index (χ2v) is 3.76. The van der Waals surface area contributed by atoms with E-state index in [1.807, 2.05) is 0 Å². The lowest BCUT2D eigenvalue weighted by molar-refractivity contribution is -0.806. The quantitative estimate of drug-likeness (QED) is 0.473. The zero-order valence-corrected chi connectivity index (χ0v) is 10.8. The normalized spacial score (nSPS) is 10.3. The summed E-state index contributed by atoms with van der Waals surface area (Å²) in [6.07, 6.45) is 0. The van der Waals surface area contributed by atoms with Crippen molar-refractivity contribution in [1.29, 1.82) is 0 Å². The summed E-state index contributed by atoms with van der Waals surface area (Å²) in [5.41, 5.74) is 4.35. The number of aromatic nitrogens is 2. The first-order valence-corrected chi connectivity index (χ1v) is 5.41. The van der Waals surface area contributed by atoms with Crippen molar-refractivity contribution in [3.8, 4) is 22.8 Å². The average Bonchev–Trinajstić information content (AvgIpc) is 2.77. The summed E-state index contributed by atoms with van der Waals surface area (Å²) >= 11 is 0. The fourth-order valence-corrected chi connectivity index (χ4v) is 1.73. The van der Waals surface area contributed by atoms with Crippen molar-refractivity contribution in [2.75, 3.05) is 19.6 Å². The number of benzene rings is 1. The number of anilines is 1. The smallest absolute Gasteiger partial charge is 0.253 e. The molecule has 0 aliphatic carbocycles. The van der Waals surface area contributed by atoms with Crippen molar-refractivity contribution in [2.24, 2.45) is 5.84 Å². The first-order valence-electron chi connectivity index (χ1n) is 5.41. The van der Waals surface area contributed by atoms with Crippen LogP contribution in [0.5, 0.6) is 11.5 Å². The molecule has 8 nitrogen and oxygen atoms in total. The first kappa shape index (κ1) is 13.0. The molecule has 0 aliphatic heterocycles. The highest BCUT2D eigenvalue weighted by atomic mass is 16.8. The standard InChI is InChI=1S/C11H14N4O4/c1-6-11(14-19-15(6)16)7-4-9(17-2)10(18-3)5-8(7)13-12/h4-5,13H,12H2,1-3H3. The minimum absolute atomic E-state index is 0.323. The van der Waals surface area contributed by atoms with Gasteiger partial charge in [0.05, 0.1) is 25.5 Å². The molecular weight excluding hydrogens is 252 g/mol. The van der Waals surface area contributed by atoms with Gasteiger partial charge >= 0.3 is 0 Å². The molecule has 2 rings (SSSR count). The highest BCUT2D eigenvalue weighted by Crippen LogP contribution is 2.38. The van der Waals surface area contributed by atoms with Crippen molar-refractivity contribution >= 4 is 5.69 Å². The van der Waals surface area contributed by atoms with Crippen LogP contribution >= 0.6 is 0 Å². The van der Waals surface area contributed by atoms with Crippen LogP contribution in [-0.2, 0) is 0 Å². The average molecular weight is 266 g/mol. The summed E-state index contributed by atoms with van der Waals surface area (Å²) in [6, 6.07) is 3.32. The van der Waals surface area contributed by atoms with E-state index in [2.05, 4.69) is 15.2 Å². The molecule has 0 radical (unpaired) electrons. The van der Waals surface area contributed by atoms with Crippen LogP contribution in [0.3, 0.4) is 0 Å². The second kappa shape index (κ2) is 5.02. The lowest BCUT2D eigenvalue weighted by Crippen LogP contribution is -2.25. The number of rotatable bonds is 4. The molecule has 3 N–H and O–H groups in total. The van der Waals surface area contributed by atoms with Crippen LogP contribution in [0, 0.1) is 12.1 Å². The number of hydrogen-bond donors (Lipinski definition) is 2. The number of hydrazine groups is 1. The SMILES string of the molecule is COc1cc(NN)c(-c2no[n+]([O-])c2C)cc1OC. The van der Waals surface area contributed by atoms with Crippen molar-refractivity contribution in [3.63, 3.8) is 0 Å². The number of nitrogens with two attached hydrogens (primary N) is 1. The number of nitrogens with zero attached hydrogens (tertiary/aromatic N) is 2. The first-order chi connectivity index (χ1) is 9.12. The van der Waals surface area contributed by atoms with Gasteiger partial charge in [0.15, 0.2) is 11.5 Å². The molecule has 102 valence electrons. The van der Waals surface area contributed by atoms with E-state index in [0.29, 0.717) is 39.0 Å². The molecule has 0 unspecified atom stereocenters. The van der Waals surface area contributed by atoms with Crippen LogP contribution in [0.1, 0.15) is 5.69 Å². The summed E-state index contributed by atoms with van der Waals surface area (Å²) in [7, 11) is 3.03. The number of methoxy groups -OCH3 is 2. The van der Waals surface area contributed by atoms with E-state index in [1.165, 1.54) is 14.2 Å². The van der Waals surface area contributed by atoms with Gasteiger partial charge in [0.25, 0.3) is 5.69 Å². The molecule has 0 bridgehead atoms. The Kier molecular flexibility index (Phi) is 3.43. The number of ether oxygens (including phenoxy) is 2. The van der Waals surface area contributed by atoms with E-state index >= 15 is 0 Å². The maximum atomic E-state index is 11.3. The molecular formula is C11H14N4O4. The Morgan fingerprint density at radius 2 is 1.95 bits per heavy atom. The van der Waals surface area contributed by atoms with Gasteiger partial charge in [-0.25, -0.2) is 0 Å². The second-order valence-electron chi connectivity index (χ2n) is 3.76. The van der Waals surface area contributed by atoms with E-state index in [-0.39, 0.29) is 0 Å². The molecule has 0 fully saturated rings. The van der Waals surface area contributed by atoms with E-state index in [4.69, 9.17) is 15.3 Å². The highest BCUT2D eigenvalue weighted by Gasteiger charge is 2.22. The summed E-state index contributed by atoms with van der Waals surface area (Å²) in [5, 5.41) is 15.0. The molecule has 0 atom stereocenters. The maximum absolute atomic E-state index is 11.3. The largest absolute Gasteiger partial charge is 0.493 e. The Bertz CT molecular complexity index is 597. The molecule has 2 aromatic rings. The Balaban J connectivity index is 2.65. The van der Waals surface area contributed by atoms with Crippen molar-refractivity contribution < 1.29 is 19.0 Å². The predicted molar refractivity (Wildman–Crippen MR) is 66.6 cm³/mol. The van der Waals surface area contributed by atoms with E-state index < -0.39 is 0 Å². The van der Waals surface area contributed by atoms with Gasteiger partial charge in [0.1, 0.15) is 0 Å². The molecule has 0 saturated heterocycles. The van der Waals surface area contributed by atoms with Crippen LogP contribution < -0.4 is 25.6 Å². The minimum atomic E-state index is 0.323. The third-order valence-corrected chi connectivity index (χ3v) is 2.76. The topological polar surface area (TPSA) is 109 Å². The number of nitrogens with one attached hydrogen (secondary N) is 1. The van der Waals surface area contributed by atoms with Crippen molar-refractivity contribution in [1.82, 2.24) is 5.16 Å². The lowest BCUT2D eigenvalue weighted by Gasteiger charge is -2.12. The maximum Gasteiger partial charge on any atom is 0.253 e. The fourth-order valence-electron chi connectivity index (χ4n) is 1.73. The zero-order valence-electron chi connectivity index (χ0n) is 10.8. The summed E-state index contributed by atoms with van der Waals surface area (Å²) in [4.78, 5) is 0.326. The van der Waals surface area contributed by atoms with Crippen LogP contribution in [-0.4, -0.2) is 19.4 Å².